The van der Waals surface area contributed by atoms with Crippen LogP contribution in [0.1, 0.15) is 26.2 Å². The zero-order valence-corrected chi connectivity index (χ0v) is 14.1. The molecule has 0 spiro atoms. The maximum atomic E-state index is 12.6. The van der Waals surface area contributed by atoms with Gasteiger partial charge in [0.2, 0.25) is 5.91 Å². The molecule has 2 aliphatic heterocycles. The highest BCUT2D eigenvalue weighted by Gasteiger charge is 2.52. The predicted octanol–water partition coefficient (Wildman–Crippen LogP) is 0.611. The summed E-state index contributed by atoms with van der Waals surface area (Å²) in [5.74, 6) is 0.897. The lowest BCUT2D eigenvalue weighted by Crippen LogP contribution is -2.36. The smallest absolute Gasteiger partial charge is 0.223 e. The Bertz CT molecular complexity index is 555. The number of hydrogen-bond donors (Lipinski definition) is 0. The van der Waals surface area contributed by atoms with Gasteiger partial charge in [-0.05, 0) is 31.2 Å². The molecule has 2 saturated heterocycles. The molecule has 2 atom stereocenters. The third-order valence-electron chi connectivity index (χ3n) is 5.55. The molecule has 120 valence electrons. The van der Waals surface area contributed by atoms with Crippen molar-refractivity contribution >= 4 is 15.7 Å². The Morgan fingerprint density at radius 2 is 1.90 bits per heavy atom. The van der Waals surface area contributed by atoms with Crippen LogP contribution in [0.3, 0.4) is 0 Å². The first kappa shape index (κ1) is 15.3. The molecule has 6 heteroatoms. The van der Waals surface area contributed by atoms with Gasteiger partial charge in [0.05, 0.1) is 5.75 Å². The number of rotatable bonds is 4. The van der Waals surface area contributed by atoms with Gasteiger partial charge in [0, 0.05) is 44.3 Å². The van der Waals surface area contributed by atoms with Crippen LogP contribution >= 0.6 is 0 Å². The van der Waals surface area contributed by atoms with Crippen molar-refractivity contribution in [1.29, 1.82) is 0 Å². The third-order valence-corrected chi connectivity index (χ3v) is 6.68. The van der Waals surface area contributed by atoms with E-state index < -0.39 is 9.84 Å². The normalized spacial score (nSPS) is 35.0. The molecule has 3 aliphatic rings. The Morgan fingerprint density at radius 3 is 2.43 bits per heavy atom. The monoisotopic (exact) mass is 314 g/mol. The van der Waals surface area contributed by atoms with E-state index in [1.54, 1.807) is 0 Å². The number of carbonyl (C=O) groups excluding carboxylic acids is 1. The van der Waals surface area contributed by atoms with E-state index in [1.807, 2.05) is 4.90 Å². The van der Waals surface area contributed by atoms with E-state index in [0.717, 1.165) is 39.0 Å². The number of nitrogens with zero attached hydrogens (tertiary/aromatic N) is 2. The summed E-state index contributed by atoms with van der Waals surface area (Å²) in [6.45, 7) is 6.06. The van der Waals surface area contributed by atoms with Crippen molar-refractivity contribution in [3.05, 3.63) is 0 Å². The Hall–Kier alpha value is -0.620. The second-order valence-electron chi connectivity index (χ2n) is 8.07. The minimum absolute atomic E-state index is 0.162. The van der Waals surface area contributed by atoms with E-state index in [1.165, 1.54) is 6.26 Å². The average molecular weight is 314 g/mol. The van der Waals surface area contributed by atoms with Gasteiger partial charge in [0.15, 0.2) is 0 Å². The largest absolute Gasteiger partial charge is 0.342 e. The highest BCUT2D eigenvalue weighted by Crippen LogP contribution is 2.51. The first-order valence-electron chi connectivity index (χ1n) is 7.75. The molecule has 0 N–H and O–H groups in total. The van der Waals surface area contributed by atoms with Gasteiger partial charge in [-0.1, -0.05) is 6.92 Å². The maximum absolute atomic E-state index is 12.6. The number of carbonyl (C=O) groups is 1. The second-order valence-corrected chi connectivity index (χ2v) is 10.2. The van der Waals surface area contributed by atoms with E-state index in [9.17, 15) is 13.2 Å². The summed E-state index contributed by atoms with van der Waals surface area (Å²) in [4.78, 5) is 16.9. The molecule has 3 fully saturated rings. The number of hydrogen-bond acceptors (Lipinski definition) is 4. The highest BCUT2D eigenvalue weighted by molar-refractivity contribution is 7.90. The van der Waals surface area contributed by atoms with Gasteiger partial charge in [-0.2, -0.15) is 0 Å². The van der Waals surface area contributed by atoms with Crippen LogP contribution in [0.2, 0.25) is 0 Å². The number of fused-ring (bicyclic) bond motifs is 1. The molecule has 1 saturated carbocycles. The molecule has 0 aromatic heterocycles. The quantitative estimate of drug-likeness (QED) is 0.763. The lowest BCUT2D eigenvalue weighted by atomic mass is 9.83. The molecule has 0 radical (unpaired) electrons. The minimum Gasteiger partial charge on any atom is -0.342 e. The number of sulfone groups is 1. The van der Waals surface area contributed by atoms with E-state index in [4.69, 9.17) is 0 Å². The van der Waals surface area contributed by atoms with Gasteiger partial charge >= 0.3 is 0 Å². The topological polar surface area (TPSA) is 57.7 Å². The molecule has 0 aromatic rings. The van der Waals surface area contributed by atoms with Gasteiger partial charge in [-0.25, -0.2) is 8.42 Å². The van der Waals surface area contributed by atoms with Crippen molar-refractivity contribution in [2.24, 2.45) is 16.7 Å². The molecule has 3 rings (SSSR count). The number of likely N-dealkylation sites (tertiary alicyclic amines) is 2. The summed E-state index contributed by atoms with van der Waals surface area (Å²) in [6.07, 6.45) is 3.44. The van der Waals surface area contributed by atoms with Gasteiger partial charge in [-0.3, -0.25) is 4.79 Å². The van der Waals surface area contributed by atoms with Crippen LogP contribution in [-0.2, 0) is 14.6 Å². The standard InChI is InChI=1S/C15H26N2O3S/c1-14-9-16(2)7-12(14)8-17(10-14)13(18)6-15(4-5-15)11-21(3,19)20/h12H,4-11H2,1-3H3/t12-,14+/m1/s1. The van der Waals surface area contributed by atoms with Gasteiger partial charge in [-0.15, -0.1) is 0 Å². The fourth-order valence-corrected chi connectivity index (χ4v) is 5.86. The first-order valence-corrected chi connectivity index (χ1v) is 9.81. The Morgan fingerprint density at radius 1 is 1.24 bits per heavy atom. The van der Waals surface area contributed by atoms with Crippen LogP contribution in [-0.4, -0.2) is 69.4 Å². The van der Waals surface area contributed by atoms with Gasteiger partial charge in [0.1, 0.15) is 9.84 Å². The fourth-order valence-electron chi connectivity index (χ4n) is 4.36. The third kappa shape index (κ3) is 3.11. The SMILES string of the molecule is CN1C[C@@H]2CN(C(=O)CC3(CS(C)(=O)=O)CC3)C[C@]2(C)C1. The van der Waals surface area contributed by atoms with Crippen molar-refractivity contribution in [2.45, 2.75) is 26.2 Å². The molecule has 21 heavy (non-hydrogen) atoms. The van der Waals surface area contributed by atoms with E-state index in [2.05, 4.69) is 18.9 Å². The van der Waals surface area contributed by atoms with E-state index >= 15 is 0 Å². The first-order chi connectivity index (χ1) is 9.61. The predicted molar refractivity (Wildman–Crippen MR) is 81.7 cm³/mol. The zero-order valence-electron chi connectivity index (χ0n) is 13.3. The molecular formula is C15H26N2O3S. The summed E-state index contributed by atoms with van der Waals surface area (Å²) in [5.41, 5.74) is -0.0297. The molecule has 1 amide bonds. The second kappa shape index (κ2) is 4.69. The van der Waals surface area contributed by atoms with Crippen molar-refractivity contribution in [2.75, 3.05) is 45.2 Å². The zero-order chi connectivity index (χ0) is 15.5. The Kier molecular flexibility index (Phi) is 3.41. The highest BCUT2D eigenvalue weighted by atomic mass is 32.2. The summed E-state index contributed by atoms with van der Waals surface area (Å²) in [5, 5.41) is 0. The van der Waals surface area contributed by atoms with Crippen molar-refractivity contribution < 1.29 is 13.2 Å². The van der Waals surface area contributed by atoms with Crippen LogP contribution in [0.15, 0.2) is 0 Å². The molecule has 1 aliphatic carbocycles. The summed E-state index contributed by atoms with van der Waals surface area (Å²) in [7, 11) is -0.860. The van der Waals surface area contributed by atoms with Crippen molar-refractivity contribution in [1.82, 2.24) is 9.80 Å². The van der Waals surface area contributed by atoms with E-state index in [-0.39, 0.29) is 22.5 Å². The van der Waals surface area contributed by atoms with Crippen LogP contribution in [0.4, 0.5) is 0 Å². The van der Waals surface area contributed by atoms with Crippen molar-refractivity contribution in [3.8, 4) is 0 Å². The molecule has 2 heterocycles. The lowest BCUT2D eigenvalue weighted by Gasteiger charge is -2.25. The summed E-state index contributed by atoms with van der Waals surface area (Å²) >= 11 is 0. The summed E-state index contributed by atoms with van der Waals surface area (Å²) < 4.78 is 23.0. The molecule has 0 aromatic carbocycles. The summed E-state index contributed by atoms with van der Waals surface area (Å²) in [6, 6.07) is 0. The minimum atomic E-state index is -3.00. The average Bonchev–Trinajstić information content (AvgIpc) is 2.84. The van der Waals surface area contributed by atoms with Crippen molar-refractivity contribution in [3.63, 3.8) is 0 Å². The Balaban J connectivity index is 1.61. The van der Waals surface area contributed by atoms with E-state index in [0.29, 0.717) is 12.3 Å². The number of amides is 1. The van der Waals surface area contributed by atoms with Gasteiger partial charge in [0.25, 0.3) is 0 Å². The fraction of sp³-hybridized carbons (Fsp3) is 0.933. The van der Waals surface area contributed by atoms with Gasteiger partial charge < -0.3 is 9.80 Å². The maximum Gasteiger partial charge on any atom is 0.223 e. The molecule has 0 unspecified atom stereocenters. The lowest BCUT2D eigenvalue weighted by molar-refractivity contribution is -0.131. The van der Waals surface area contributed by atoms with Crippen LogP contribution in [0.25, 0.3) is 0 Å². The molecule has 0 bridgehead atoms. The van der Waals surface area contributed by atoms with Crippen LogP contribution < -0.4 is 0 Å². The Labute approximate surface area is 127 Å². The molecule has 5 nitrogen and oxygen atoms in total. The van der Waals surface area contributed by atoms with Crippen LogP contribution in [0, 0.1) is 16.7 Å². The van der Waals surface area contributed by atoms with Crippen LogP contribution in [0.5, 0.6) is 0 Å². The molecular weight excluding hydrogens is 288 g/mol.